The molecule has 0 bridgehead atoms. The number of nitrogens with zero attached hydrogens (tertiary/aromatic N) is 3. The average Bonchev–Trinajstić information content (AvgIpc) is 2.40. The van der Waals surface area contributed by atoms with E-state index in [-0.39, 0.29) is 23.9 Å². The van der Waals surface area contributed by atoms with Crippen LogP contribution in [0.2, 0.25) is 5.28 Å². The molecule has 0 spiro atoms. The number of hydrogen-bond acceptors (Lipinski definition) is 5. The van der Waals surface area contributed by atoms with E-state index in [1.54, 1.807) is 0 Å². The first-order chi connectivity index (χ1) is 9.99. The molecule has 112 valence electrons. The van der Waals surface area contributed by atoms with Gasteiger partial charge in [0, 0.05) is 0 Å². The van der Waals surface area contributed by atoms with Crippen molar-refractivity contribution in [3.05, 3.63) is 34.1 Å². The van der Waals surface area contributed by atoms with Crippen LogP contribution in [0.15, 0.2) is 12.1 Å². The van der Waals surface area contributed by atoms with Crippen molar-refractivity contribution in [1.82, 2.24) is 15.0 Å². The van der Waals surface area contributed by atoms with E-state index in [0.717, 1.165) is 16.7 Å². The highest BCUT2D eigenvalue weighted by Gasteiger charge is 2.12. The lowest BCUT2D eigenvalue weighted by atomic mass is 10.1. The number of benzene rings is 1. The summed E-state index contributed by atoms with van der Waals surface area (Å²) in [7, 11) is 0. The fraction of sp³-hybridized carbons (Fsp3) is 0.357. The number of halogens is 2. The van der Waals surface area contributed by atoms with Crippen molar-refractivity contribution in [3.8, 4) is 17.8 Å². The van der Waals surface area contributed by atoms with Crippen molar-refractivity contribution in [2.24, 2.45) is 0 Å². The molecule has 0 fully saturated rings. The Morgan fingerprint density at radius 3 is 2.24 bits per heavy atom. The van der Waals surface area contributed by atoms with Crippen LogP contribution in [-0.4, -0.2) is 27.4 Å². The smallest absolute Gasteiger partial charge is 0.329 e. The molecule has 0 saturated heterocycles. The van der Waals surface area contributed by atoms with Gasteiger partial charge in [-0.05, 0) is 43.5 Å². The molecular formula is C14H15Cl2N3O2. The number of ether oxygens (including phenoxy) is 2. The van der Waals surface area contributed by atoms with E-state index in [0.29, 0.717) is 11.6 Å². The van der Waals surface area contributed by atoms with E-state index >= 15 is 0 Å². The van der Waals surface area contributed by atoms with Crippen LogP contribution in [-0.2, 0) is 0 Å². The molecule has 0 atom stereocenters. The summed E-state index contributed by atoms with van der Waals surface area (Å²) in [6.07, 6.45) is 0. The van der Waals surface area contributed by atoms with Gasteiger partial charge in [0.25, 0.3) is 0 Å². The van der Waals surface area contributed by atoms with Crippen LogP contribution >= 0.6 is 23.2 Å². The summed E-state index contributed by atoms with van der Waals surface area (Å²) in [5, 5.41) is 0.00647. The van der Waals surface area contributed by atoms with Crippen molar-refractivity contribution in [2.45, 2.75) is 20.8 Å². The molecular weight excluding hydrogens is 313 g/mol. The average molecular weight is 328 g/mol. The molecule has 5 nitrogen and oxygen atoms in total. The second kappa shape index (κ2) is 6.91. The molecule has 0 saturated carbocycles. The number of rotatable bonds is 5. The zero-order valence-electron chi connectivity index (χ0n) is 12.0. The predicted octanol–water partition coefficient (Wildman–Crippen LogP) is 3.86. The summed E-state index contributed by atoms with van der Waals surface area (Å²) in [6.45, 7) is 6.23. The first-order valence-electron chi connectivity index (χ1n) is 6.35. The van der Waals surface area contributed by atoms with E-state index in [1.807, 2.05) is 32.9 Å². The van der Waals surface area contributed by atoms with Gasteiger partial charge in [-0.3, -0.25) is 0 Å². The van der Waals surface area contributed by atoms with E-state index in [9.17, 15) is 0 Å². The van der Waals surface area contributed by atoms with Gasteiger partial charge in [-0.15, -0.1) is 16.6 Å². The highest BCUT2D eigenvalue weighted by molar-refractivity contribution is 6.28. The Labute approximate surface area is 133 Å². The van der Waals surface area contributed by atoms with Crippen molar-refractivity contribution in [3.63, 3.8) is 0 Å². The van der Waals surface area contributed by atoms with Crippen molar-refractivity contribution < 1.29 is 9.47 Å². The Balaban J connectivity index is 2.29. The molecule has 7 heteroatoms. The normalized spacial score (nSPS) is 10.5. The third-order valence-electron chi connectivity index (χ3n) is 2.67. The molecule has 21 heavy (non-hydrogen) atoms. The van der Waals surface area contributed by atoms with E-state index in [1.165, 1.54) is 0 Å². The molecule has 2 aromatic rings. The molecule has 1 aromatic carbocycles. The number of aromatic nitrogens is 3. The third-order valence-corrected chi connectivity index (χ3v) is 3.00. The van der Waals surface area contributed by atoms with Gasteiger partial charge in [-0.2, -0.15) is 9.97 Å². The summed E-state index contributed by atoms with van der Waals surface area (Å²) < 4.78 is 11.0. The van der Waals surface area contributed by atoms with Crippen LogP contribution < -0.4 is 9.47 Å². The van der Waals surface area contributed by atoms with Crippen molar-refractivity contribution in [2.75, 3.05) is 12.5 Å². The van der Waals surface area contributed by atoms with Crippen LogP contribution in [0.4, 0.5) is 0 Å². The fourth-order valence-electron chi connectivity index (χ4n) is 1.97. The first-order valence-corrected chi connectivity index (χ1v) is 7.27. The van der Waals surface area contributed by atoms with Gasteiger partial charge in [0.05, 0.1) is 5.88 Å². The van der Waals surface area contributed by atoms with E-state index in [4.69, 9.17) is 32.7 Å². The first kappa shape index (κ1) is 15.8. The number of aryl methyl sites for hydroxylation is 3. The maximum Gasteiger partial charge on any atom is 0.329 e. The fourth-order valence-corrected chi connectivity index (χ4v) is 2.20. The Morgan fingerprint density at radius 2 is 1.62 bits per heavy atom. The monoisotopic (exact) mass is 327 g/mol. The van der Waals surface area contributed by atoms with Gasteiger partial charge in [-0.1, -0.05) is 17.7 Å². The van der Waals surface area contributed by atoms with Crippen LogP contribution in [0.1, 0.15) is 16.7 Å². The standard InChI is InChI=1S/C14H15Cl2N3O2/c1-8-6-9(2)11(10(3)7-8)21-14-18-12(16)17-13(19-14)20-5-4-15/h6-7H,4-5H2,1-3H3. The van der Waals surface area contributed by atoms with Crippen LogP contribution in [0.3, 0.4) is 0 Å². The highest BCUT2D eigenvalue weighted by Crippen LogP contribution is 2.28. The van der Waals surface area contributed by atoms with E-state index < -0.39 is 0 Å². The molecule has 0 aliphatic rings. The minimum Gasteiger partial charge on any atom is -0.462 e. The van der Waals surface area contributed by atoms with Crippen molar-refractivity contribution in [1.29, 1.82) is 0 Å². The molecule has 0 aliphatic heterocycles. The summed E-state index contributed by atoms with van der Waals surface area (Å²) in [4.78, 5) is 11.9. The SMILES string of the molecule is Cc1cc(C)c(Oc2nc(Cl)nc(OCCCl)n2)c(C)c1. The summed E-state index contributed by atoms with van der Waals surface area (Å²) >= 11 is 11.4. The maximum absolute atomic E-state index is 5.84. The highest BCUT2D eigenvalue weighted by atomic mass is 35.5. The van der Waals surface area contributed by atoms with Gasteiger partial charge in [0.1, 0.15) is 12.4 Å². The molecule has 0 radical (unpaired) electrons. The van der Waals surface area contributed by atoms with Gasteiger partial charge in [-0.25, -0.2) is 0 Å². The second-order valence-electron chi connectivity index (χ2n) is 4.54. The lowest BCUT2D eigenvalue weighted by Gasteiger charge is -2.12. The zero-order chi connectivity index (χ0) is 15.4. The summed E-state index contributed by atoms with van der Waals surface area (Å²) in [5.41, 5.74) is 3.15. The Bertz CT molecular complexity index is 627. The van der Waals surface area contributed by atoms with Crippen LogP contribution in [0, 0.1) is 20.8 Å². The number of alkyl halides is 1. The Hall–Kier alpha value is -1.59. The molecule has 0 amide bonds. The van der Waals surface area contributed by atoms with Gasteiger partial charge in [0.2, 0.25) is 5.28 Å². The van der Waals surface area contributed by atoms with Gasteiger partial charge < -0.3 is 9.47 Å². The Morgan fingerprint density at radius 1 is 1.00 bits per heavy atom. The zero-order valence-corrected chi connectivity index (χ0v) is 13.5. The molecule has 0 aliphatic carbocycles. The summed E-state index contributed by atoms with van der Waals surface area (Å²) in [6, 6.07) is 4.23. The largest absolute Gasteiger partial charge is 0.462 e. The van der Waals surface area contributed by atoms with E-state index in [2.05, 4.69) is 15.0 Å². The maximum atomic E-state index is 5.84. The molecule has 2 rings (SSSR count). The third kappa shape index (κ3) is 4.19. The molecule has 0 N–H and O–H groups in total. The topological polar surface area (TPSA) is 57.1 Å². The second-order valence-corrected chi connectivity index (χ2v) is 5.25. The quantitative estimate of drug-likeness (QED) is 0.780. The number of hydrogen-bond donors (Lipinski definition) is 0. The summed E-state index contributed by atoms with van der Waals surface area (Å²) in [5.74, 6) is 1.03. The van der Waals surface area contributed by atoms with Gasteiger partial charge >= 0.3 is 12.0 Å². The minimum absolute atomic E-state index is 0.00647. The van der Waals surface area contributed by atoms with Crippen LogP contribution in [0.25, 0.3) is 0 Å². The minimum atomic E-state index is 0.00647. The molecule has 0 unspecified atom stereocenters. The Kier molecular flexibility index (Phi) is 5.20. The van der Waals surface area contributed by atoms with Crippen LogP contribution in [0.5, 0.6) is 17.8 Å². The predicted molar refractivity (Wildman–Crippen MR) is 81.8 cm³/mol. The lowest BCUT2D eigenvalue weighted by Crippen LogP contribution is -2.05. The molecule has 1 heterocycles. The molecule has 1 aromatic heterocycles. The van der Waals surface area contributed by atoms with Gasteiger partial charge in [0.15, 0.2) is 0 Å². The van der Waals surface area contributed by atoms with Crippen molar-refractivity contribution >= 4 is 23.2 Å². The lowest BCUT2D eigenvalue weighted by molar-refractivity contribution is 0.305.